The Kier molecular flexibility index (Phi) is 2.11. The third kappa shape index (κ3) is 1.33. The molecule has 4 heteroatoms. The Morgan fingerprint density at radius 1 is 1.53 bits per heavy atom. The molecule has 1 aromatic rings. The van der Waals surface area contributed by atoms with Crippen LogP contribution in [-0.2, 0) is 4.74 Å². The zero-order chi connectivity index (χ0) is 12.0. The summed E-state index contributed by atoms with van der Waals surface area (Å²) in [5.74, 6) is 0.219. The van der Waals surface area contributed by atoms with Crippen LogP contribution in [0.3, 0.4) is 0 Å². The molecule has 0 spiro atoms. The molecule has 3 rings (SSSR count). The Morgan fingerprint density at radius 2 is 2.35 bits per heavy atom. The lowest BCUT2D eigenvalue weighted by atomic mass is 9.92. The van der Waals surface area contributed by atoms with Crippen LogP contribution in [0, 0.1) is 0 Å². The van der Waals surface area contributed by atoms with Gasteiger partial charge in [0, 0.05) is 11.5 Å². The molecule has 0 bridgehead atoms. The van der Waals surface area contributed by atoms with Gasteiger partial charge in [-0.3, -0.25) is 0 Å². The number of allylic oxidation sites excluding steroid dienone is 1. The summed E-state index contributed by atoms with van der Waals surface area (Å²) < 4.78 is 10.4. The van der Waals surface area contributed by atoms with Crippen LogP contribution in [0.15, 0.2) is 24.3 Å². The van der Waals surface area contributed by atoms with Crippen LogP contribution >= 0.6 is 0 Å². The summed E-state index contributed by atoms with van der Waals surface area (Å²) in [6.45, 7) is 0. The molecule has 0 aromatic heterocycles. The summed E-state index contributed by atoms with van der Waals surface area (Å²) in [5.41, 5.74) is 1.01. The molecule has 0 saturated carbocycles. The molecule has 4 nitrogen and oxygen atoms in total. The predicted octanol–water partition coefficient (Wildman–Crippen LogP) is 1.98. The fourth-order valence-corrected chi connectivity index (χ4v) is 2.55. The summed E-state index contributed by atoms with van der Waals surface area (Å²) in [7, 11) is 1.31. The number of esters is 1. The monoisotopic (exact) mass is 232 g/mol. The van der Waals surface area contributed by atoms with E-state index in [-0.39, 0.29) is 23.3 Å². The average Bonchev–Trinajstić information content (AvgIpc) is 2.88. The topological polar surface area (TPSA) is 55.8 Å². The maximum Gasteiger partial charge on any atom is 0.342 e. The van der Waals surface area contributed by atoms with Crippen molar-refractivity contribution in [3.05, 3.63) is 35.4 Å². The SMILES string of the molecule is COC(=O)c1c(O)ccc2c1[C@H]1CC=C[C@H]1O2. The molecule has 0 unspecified atom stereocenters. The smallest absolute Gasteiger partial charge is 0.342 e. The van der Waals surface area contributed by atoms with Crippen molar-refractivity contribution in [1.29, 1.82) is 0 Å². The average molecular weight is 232 g/mol. The van der Waals surface area contributed by atoms with Gasteiger partial charge in [-0.1, -0.05) is 6.08 Å². The molecule has 17 heavy (non-hydrogen) atoms. The number of carbonyl (C=O) groups is 1. The number of benzene rings is 1. The van der Waals surface area contributed by atoms with Crippen molar-refractivity contribution in [2.75, 3.05) is 7.11 Å². The van der Waals surface area contributed by atoms with Crippen molar-refractivity contribution in [3.8, 4) is 11.5 Å². The van der Waals surface area contributed by atoms with E-state index in [9.17, 15) is 9.90 Å². The van der Waals surface area contributed by atoms with Crippen LogP contribution in [0.5, 0.6) is 11.5 Å². The van der Waals surface area contributed by atoms with Gasteiger partial charge in [0.1, 0.15) is 23.2 Å². The highest BCUT2D eigenvalue weighted by molar-refractivity contribution is 5.95. The van der Waals surface area contributed by atoms with Crippen molar-refractivity contribution < 1.29 is 19.4 Å². The molecule has 0 saturated heterocycles. The number of phenolic OH excluding ortho intramolecular Hbond substituents is 1. The summed E-state index contributed by atoms with van der Waals surface area (Å²) in [6.07, 6.45) is 4.83. The van der Waals surface area contributed by atoms with Crippen LogP contribution in [0.1, 0.15) is 28.3 Å². The van der Waals surface area contributed by atoms with E-state index in [4.69, 9.17) is 9.47 Å². The molecule has 2 aliphatic rings. The first-order valence-corrected chi connectivity index (χ1v) is 5.50. The first-order chi connectivity index (χ1) is 8.22. The molecule has 1 aromatic carbocycles. The van der Waals surface area contributed by atoms with Crippen LogP contribution in [0.4, 0.5) is 0 Å². The van der Waals surface area contributed by atoms with Gasteiger partial charge >= 0.3 is 5.97 Å². The number of phenols is 1. The first-order valence-electron chi connectivity index (χ1n) is 5.50. The Bertz CT molecular complexity index is 518. The Hall–Kier alpha value is -1.97. The lowest BCUT2D eigenvalue weighted by molar-refractivity contribution is 0.0596. The standard InChI is InChI=1S/C13H12O4/c1-16-13(15)12-8(14)5-6-10-11(12)7-3-2-4-9(7)17-10/h2,4-7,9,14H,3H2,1H3/t7-,9+/m0/s1. The maximum atomic E-state index is 11.7. The van der Waals surface area contributed by atoms with E-state index in [0.29, 0.717) is 5.75 Å². The third-order valence-corrected chi connectivity index (χ3v) is 3.32. The van der Waals surface area contributed by atoms with E-state index in [0.717, 1.165) is 12.0 Å². The van der Waals surface area contributed by atoms with E-state index < -0.39 is 5.97 Å². The van der Waals surface area contributed by atoms with Crippen LogP contribution in [0.25, 0.3) is 0 Å². The lowest BCUT2D eigenvalue weighted by Crippen LogP contribution is -2.12. The Labute approximate surface area is 98.5 Å². The van der Waals surface area contributed by atoms with Crippen molar-refractivity contribution in [3.63, 3.8) is 0 Å². The Morgan fingerprint density at radius 3 is 3.12 bits per heavy atom. The van der Waals surface area contributed by atoms with Crippen molar-refractivity contribution in [1.82, 2.24) is 0 Å². The highest BCUT2D eigenvalue weighted by Gasteiger charge is 2.39. The molecule has 2 atom stereocenters. The zero-order valence-electron chi connectivity index (χ0n) is 9.34. The van der Waals surface area contributed by atoms with Crippen LogP contribution in [-0.4, -0.2) is 24.3 Å². The molecule has 1 aliphatic carbocycles. The molecular weight excluding hydrogens is 220 g/mol. The summed E-state index contributed by atoms with van der Waals surface area (Å²) in [4.78, 5) is 11.7. The van der Waals surface area contributed by atoms with Gasteiger partial charge in [-0.05, 0) is 24.6 Å². The fraction of sp³-hybridized carbons (Fsp3) is 0.308. The fourth-order valence-electron chi connectivity index (χ4n) is 2.55. The number of aromatic hydroxyl groups is 1. The highest BCUT2D eigenvalue weighted by Crippen LogP contribution is 2.47. The van der Waals surface area contributed by atoms with E-state index in [1.807, 2.05) is 12.2 Å². The van der Waals surface area contributed by atoms with Gasteiger partial charge in [-0.2, -0.15) is 0 Å². The van der Waals surface area contributed by atoms with Crippen molar-refractivity contribution >= 4 is 5.97 Å². The van der Waals surface area contributed by atoms with Crippen LogP contribution < -0.4 is 4.74 Å². The molecule has 1 heterocycles. The number of hydrogen-bond acceptors (Lipinski definition) is 4. The summed E-state index contributed by atoms with van der Waals surface area (Å²) in [5, 5.41) is 9.82. The predicted molar refractivity (Wildman–Crippen MR) is 60.4 cm³/mol. The van der Waals surface area contributed by atoms with Gasteiger partial charge in [-0.25, -0.2) is 4.79 Å². The molecule has 0 fully saturated rings. The molecule has 88 valence electrons. The highest BCUT2D eigenvalue weighted by atomic mass is 16.5. The number of fused-ring (bicyclic) bond motifs is 3. The third-order valence-electron chi connectivity index (χ3n) is 3.32. The van der Waals surface area contributed by atoms with E-state index in [2.05, 4.69) is 0 Å². The lowest BCUT2D eigenvalue weighted by Gasteiger charge is -2.11. The molecule has 0 radical (unpaired) electrons. The number of methoxy groups -OCH3 is 1. The number of rotatable bonds is 1. The molecular formula is C13H12O4. The van der Waals surface area contributed by atoms with E-state index in [1.165, 1.54) is 13.2 Å². The molecule has 1 aliphatic heterocycles. The minimum atomic E-state index is -0.518. The normalized spacial score (nSPS) is 24.1. The molecule has 0 amide bonds. The second-order valence-corrected chi connectivity index (χ2v) is 4.22. The van der Waals surface area contributed by atoms with Crippen molar-refractivity contribution in [2.24, 2.45) is 0 Å². The molecule has 1 N–H and O–H groups in total. The van der Waals surface area contributed by atoms with Crippen molar-refractivity contribution in [2.45, 2.75) is 18.4 Å². The quantitative estimate of drug-likeness (QED) is 0.594. The number of hydrogen-bond donors (Lipinski definition) is 1. The van der Waals surface area contributed by atoms with E-state index >= 15 is 0 Å². The minimum absolute atomic E-state index is 0.0183. The second kappa shape index (κ2) is 3.52. The first kappa shape index (κ1) is 10.2. The summed E-state index contributed by atoms with van der Waals surface area (Å²) in [6, 6.07) is 3.17. The minimum Gasteiger partial charge on any atom is -0.507 e. The Balaban J connectivity index is 2.17. The maximum absolute atomic E-state index is 11.7. The van der Waals surface area contributed by atoms with Gasteiger partial charge in [0.05, 0.1) is 7.11 Å². The van der Waals surface area contributed by atoms with Gasteiger partial charge in [0.25, 0.3) is 0 Å². The van der Waals surface area contributed by atoms with Crippen LogP contribution in [0.2, 0.25) is 0 Å². The zero-order valence-corrected chi connectivity index (χ0v) is 9.34. The van der Waals surface area contributed by atoms with E-state index in [1.54, 1.807) is 6.07 Å². The van der Waals surface area contributed by atoms with Gasteiger partial charge in [-0.15, -0.1) is 0 Å². The second-order valence-electron chi connectivity index (χ2n) is 4.22. The van der Waals surface area contributed by atoms with Gasteiger partial charge < -0.3 is 14.6 Å². The van der Waals surface area contributed by atoms with Gasteiger partial charge in [0.2, 0.25) is 0 Å². The number of carbonyl (C=O) groups excluding carboxylic acids is 1. The summed E-state index contributed by atoms with van der Waals surface area (Å²) >= 11 is 0. The number of ether oxygens (including phenoxy) is 2. The largest absolute Gasteiger partial charge is 0.507 e. The van der Waals surface area contributed by atoms with Gasteiger partial charge in [0.15, 0.2) is 0 Å².